The van der Waals surface area contributed by atoms with E-state index in [9.17, 15) is 0 Å². The summed E-state index contributed by atoms with van der Waals surface area (Å²) in [5, 5.41) is 6.91. The van der Waals surface area contributed by atoms with E-state index in [4.69, 9.17) is 9.73 Å². The van der Waals surface area contributed by atoms with Crippen molar-refractivity contribution in [2.24, 2.45) is 10.9 Å². The molecule has 26 heavy (non-hydrogen) atoms. The van der Waals surface area contributed by atoms with Gasteiger partial charge in [-0.25, -0.2) is 4.99 Å². The van der Waals surface area contributed by atoms with E-state index in [1.807, 2.05) is 6.07 Å². The summed E-state index contributed by atoms with van der Waals surface area (Å²) >= 11 is 0. The van der Waals surface area contributed by atoms with Crippen LogP contribution < -0.4 is 10.6 Å². The van der Waals surface area contributed by atoms with Crippen LogP contribution in [0.3, 0.4) is 0 Å². The summed E-state index contributed by atoms with van der Waals surface area (Å²) in [5.74, 6) is 1.58. The number of ether oxygens (including phenoxy) is 1. The smallest absolute Gasteiger partial charge is 0.191 e. The molecule has 5 nitrogen and oxygen atoms in total. The number of halogens is 1. The van der Waals surface area contributed by atoms with Gasteiger partial charge in [0.1, 0.15) is 0 Å². The van der Waals surface area contributed by atoms with Crippen molar-refractivity contribution in [2.75, 3.05) is 39.4 Å². The highest BCUT2D eigenvalue weighted by Crippen LogP contribution is 2.13. The quantitative estimate of drug-likeness (QED) is 0.346. The molecule has 1 saturated heterocycles. The van der Waals surface area contributed by atoms with E-state index < -0.39 is 0 Å². The van der Waals surface area contributed by atoms with Gasteiger partial charge in [-0.3, -0.25) is 4.90 Å². The van der Waals surface area contributed by atoms with Crippen molar-refractivity contribution in [1.82, 2.24) is 15.5 Å². The molecule has 148 valence electrons. The maximum absolute atomic E-state index is 5.51. The first kappa shape index (κ1) is 23.2. The molecule has 1 unspecified atom stereocenters. The van der Waals surface area contributed by atoms with E-state index in [-0.39, 0.29) is 24.0 Å². The summed E-state index contributed by atoms with van der Waals surface area (Å²) in [6.45, 7) is 12.9. The van der Waals surface area contributed by atoms with Gasteiger partial charge in [-0.15, -0.1) is 24.0 Å². The van der Waals surface area contributed by atoms with Gasteiger partial charge in [-0.05, 0) is 24.8 Å². The highest BCUT2D eigenvalue weighted by molar-refractivity contribution is 14.0. The number of guanidine groups is 1. The summed E-state index contributed by atoms with van der Waals surface area (Å²) < 4.78 is 5.51. The fraction of sp³-hybridized carbons (Fsp3) is 0.650. The van der Waals surface area contributed by atoms with Crippen LogP contribution in [0.15, 0.2) is 35.3 Å². The van der Waals surface area contributed by atoms with Crippen molar-refractivity contribution in [1.29, 1.82) is 0 Å². The van der Waals surface area contributed by atoms with Crippen molar-refractivity contribution in [2.45, 2.75) is 39.8 Å². The number of rotatable bonds is 8. The van der Waals surface area contributed by atoms with Crippen LogP contribution in [0, 0.1) is 5.92 Å². The maximum atomic E-state index is 5.51. The first-order valence-corrected chi connectivity index (χ1v) is 9.57. The van der Waals surface area contributed by atoms with Crippen molar-refractivity contribution in [3.63, 3.8) is 0 Å². The molecule has 0 aromatic heterocycles. The fourth-order valence-corrected chi connectivity index (χ4v) is 3.16. The Balaban J connectivity index is 0.00000338. The predicted octanol–water partition coefficient (Wildman–Crippen LogP) is 3.11. The van der Waals surface area contributed by atoms with Crippen LogP contribution in [0.4, 0.5) is 0 Å². The number of hydrogen-bond acceptors (Lipinski definition) is 3. The third-order valence-corrected chi connectivity index (χ3v) is 4.42. The zero-order valence-electron chi connectivity index (χ0n) is 16.4. The van der Waals surface area contributed by atoms with Crippen molar-refractivity contribution < 1.29 is 4.74 Å². The van der Waals surface area contributed by atoms with E-state index in [1.54, 1.807) is 0 Å². The molecule has 1 aliphatic rings. The molecule has 0 bridgehead atoms. The molecule has 1 aromatic carbocycles. The molecule has 1 atom stereocenters. The number of benzene rings is 1. The predicted molar refractivity (Wildman–Crippen MR) is 120 cm³/mol. The van der Waals surface area contributed by atoms with Gasteiger partial charge in [-0.2, -0.15) is 0 Å². The van der Waals surface area contributed by atoms with Gasteiger partial charge in [-0.1, -0.05) is 44.2 Å². The molecule has 2 rings (SSSR count). The van der Waals surface area contributed by atoms with Crippen LogP contribution >= 0.6 is 24.0 Å². The fourth-order valence-electron chi connectivity index (χ4n) is 3.16. The molecule has 0 saturated carbocycles. The van der Waals surface area contributed by atoms with E-state index in [1.165, 1.54) is 12.0 Å². The normalized spacial score (nSPS) is 16.8. The van der Waals surface area contributed by atoms with Gasteiger partial charge in [0.25, 0.3) is 0 Å². The molecule has 1 aromatic rings. The third-order valence-electron chi connectivity index (χ3n) is 4.42. The van der Waals surface area contributed by atoms with Gasteiger partial charge >= 0.3 is 0 Å². The van der Waals surface area contributed by atoms with Crippen molar-refractivity contribution in [3.8, 4) is 0 Å². The van der Waals surface area contributed by atoms with E-state index in [2.05, 4.69) is 60.6 Å². The van der Waals surface area contributed by atoms with E-state index >= 15 is 0 Å². The molecule has 6 heteroatoms. The number of aliphatic imine (C=N–C) groups is 1. The Bertz CT molecular complexity index is 504. The second-order valence-corrected chi connectivity index (χ2v) is 6.99. The average Bonchev–Trinajstić information content (AvgIpc) is 2.64. The minimum absolute atomic E-state index is 0. The lowest BCUT2D eigenvalue weighted by Gasteiger charge is -2.35. The van der Waals surface area contributed by atoms with Gasteiger partial charge in [0, 0.05) is 32.2 Å². The summed E-state index contributed by atoms with van der Waals surface area (Å²) in [6.07, 6.45) is 1.19. The van der Waals surface area contributed by atoms with Crippen molar-refractivity contribution in [3.05, 3.63) is 35.9 Å². The molecule has 1 fully saturated rings. The molecule has 0 radical (unpaired) electrons. The molecule has 1 heterocycles. The van der Waals surface area contributed by atoms with Crippen LogP contribution in [0.25, 0.3) is 0 Å². The summed E-state index contributed by atoms with van der Waals surface area (Å²) in [5.41, 5.74) is 1.23. The van der Waals surface area contributed by atoms with Crippen LogP contribution in [0.2, 0.25) is 0 Å². The SMILES string of the molecule is CCNC(=NCc1ccccc1)NCC(CC(C)C)N1CCOCC1.I. The maximum Gasteiger partial charge on any atom is 0.191 e. The van der Waals surface area contributed by atoms with E-state index in [0.29, 0.717) is 18.5 Å². The molecular formula is C20H35IN4O. The Labute approximate surface area is 176 Å². The molecule has 0 aliphatic carbocycles. The zero-order valence-corrected chi connectivity index (χ0v) is 18.7. The Morgan fingerprint density at radius 3 is 2.46 bits per heavy atom. The second-order valence-electron chi connectivity index (χ2n) is 6.99. The molecule has 0 amide bonds. The first-order valence-electron chi connectivity index (χ1n) is 9.57. The Morgan fingerprint density at radius 2 is 1.85 bits per heavy atom. The minimum Gasteiger partial charge on any atom is -0.379 e. The van der Waals surface area contributed by atoms with Crippen molar-refractivity contribution >= 4 is 29.9 Å². The lowest BCUT2D eigenvalue weighted by Crippen LogP contribution is -2.51. The third kappa shape index (κ3) is 8.68. The van der Waals surface area contributed by atoms with Crippen LogP contribution in [0.5, 0.6) is 0 Å². The van der Waals surface area contributed by atoms with Gasteiger partial charge in [0.15, 0.2) is 5.96 Å². The van der Waals surface area contributed by atoms with Gasteiger partial charge in [0.05, 0.1) is 19.8 Å². The molecule has 1 aliphatic heterocycles. The summed E-state index contributed by atoms with van der Waals surface area (Å²) in [4.78, 5) is 7.28. The lowest BCUT2D eigenvalue weighted by molar-refractivity contribution is 0.0132. The first-order chi connectivity index (χ1) is 12.2. The number of nitrogens with zero attached hydrogens (tertiary/aromatic N) is 2. The molecule has 0 spiro atoms. The molecular weight excluding hydrogens is 439 g/mol. The minimum atomic E-state index is 0. The lowest BCUT2D eigenvalue weighted by atomic mass is 10.0. The Hall–Kier alpha value is -0.860. The largest absolute Gasteiger partial charge is 0.379 e. The standard InChI is InChI=1S/C20H34N4O.HI/c1-4-21-20(22-15-18-8-6-5-7-9-18)23-16-19(14-17(2)3)24-10-12-25-13-11-24;/h5-9,17,19H,4,10-16H2,1-3H3,(H2,21,22,23);1H. The van der Waals surface area contributed by atoms with Gasteiger partial charge < -0.3 is 15.4 Å². The number of nitrogens with one attached hydrogen (secondary N) is 2. The summed E-state index contributed by atoms with van der Waals surface area (Å²) in [7, 11) is 0. The molecule has 2 N–H and O–H groups in total. The number of morpholine rings is 1. The number of hydrogen-bond donors (Lipinski definition) is 2. The zero-order chi connectivity index (χ0) is 17.9. The monoisotopic (exact) mass is 474 g/mol. The average molecular weight is 474 g/mol. The van der Waals surface area contributed by atoms with Crippen LogP contribution in [-0.2, 0) is 11.3 Å². The Morgan fingerprint density at radius 1 is 1.15 bits per heavy atom. The van der Waals surface area contributed by atoms with E-state index in [0.717, 1.165) is 45.4 Å². The summed E-state index contributed by atoms with van der Waals surface area (Å²) in [6, 6.07) is 10.9. The Kier molecular flexibility index (Phi) is 11.9. The van der Waals surface area contributed by atoms with Crippen LogP contribution in [0.1, 0.15) is 32.8 Å². The highest BCUT2D eigenvalue weighted by Gasteiger charge is 2.22. The van der Waals surface area contributed by atoms with Crippen LogP contribution in [-0.4, -0.2) is 56.3 Å². The topological polar surface area (TPSA) is 48.9 Å². The van der Waals surface area contributed by atoms with Gasteiger partial charge in [0.2, 0.25) is 0 Å². The second kappa shape index (κ2) is 13.3. The highest BCUT2D eigenvalue weighted by atomic mass is 127.